The number of ether oxygens (including phenoxy) is 1. The maximum absolute atomic E-state index is 8.17. The molecule has 2 aliphatic heterocycles. The fraction of sp³-hybridized carbons (Fsp3) is 1.00. The molecule has 5 nitrogen and oxygen atoms in total. The van der Waals surface area contributed by atoms with E-state index in [9.17, 15) is 0 Å². The molecule has 0 aromatic heterocycles. The quantitative estimate of drug-likeness (QED) is 0.396. The van der Waals surface area contributed by atoms with E-state index < -0.39 is 0 Å². The monoisotopic (exact) mass is 182 g/mol. The molecular weight excluding hydrogens is 168 g/mol. The Labute approximate surface area is 77.1 Å². The molecule has 2 atom stereocenters. The van der Waals surface area contributed by atoms with Gasteiger partial charge in [-0.3, -0.25) is 0 Å². The summed E-state index contributed by atoms with van der Waals surface area (Å²) in [5.41, 5.74) is 8.37. The van der Waals surface area contributed by atoms with Gasteiger partial charge in [-0.2, -0.15) is 0 Å². The summed E-state index contributed by atoms with van der Waals surface area (Å²) in [7, 11) is 0. The summed E-state index contributed by atoms with van der Waals surface area (Å²) in [4.78, 5) is 2.74. The zero-order chi connectivity index (χ0) is 9.15. The third-order valence-electron chi connectivity index (χ3n) is 2.89. The fourth-order valence-corrected chi connectivity index (χ4v) is 2.24. The molecule has 2 saturated heterocycles. The Kier molecular flexibility index (Phi) is 2.40. The summed E-state index contributed by atoms with van der Waals surface area (Å²) in [6.07, 6.45) is 3.55. The second kappa shape index (κ2) is 3.54. The van der Waals surface area contributed by atoms with Crippen molar-refractivity contribution in [3.05, 3.63) is 10.4 Å². The second-order valence-corrected chi connectivity index (χ2v) is 3.86. The van der Waals surface area contributed by atoms with Crippen LogP contribution in [0.5, 0.6) is 0 Å². The minimum Gasteiger partial charge on any atom is -0.376 e. The summed E-state index contributed by atoms with van der Waals surface area (Å²) < 4.78 is 5.57. The minimum absolute atomic E-state index is 0.126. The molecule has 0 radical (unpaired) electrons. The van der Waals surface area contributed by atoms with Crippen LogP contribution in [-0.4, -0.2) is 31.3 Å². The Morgan fingerprint density at radius 1 is 1.69 bits per heavy atom. The summed E-state index contributed by atoms with van der Waals surface area (Å²) >= 11 is 0. The molecule has 0 unspecified atom stereocenters. The lowest BCUT2D eigenvalue weighted by molar-refractivity contribution is 0.108. The molecule has 0 aromatic rings. The predicted octanol–water partition coefficient (Wildman–Crippen LogP) is 1.21. The predicted molar refractivity (Wildman–Crippen MR) is 48.3 cm³/mol. The van der Waals surface area contributed by atoms with Crippen molar-refractivity contribution in [3.63, 3.8) is 0 Å². The van der Waals surface area contributed by atoms with E-state index in [2.05, 4.69) is 15.3 Å². The van der Waals surface area contributed by atoms with Crippen LogP contribution in [0.25, 0.3) is 10.4 Å². The van der Waals surface area contributed by atoms with Crippen LogP contribution < -0.4 is 5.32 Å². The van der Waals surface area contributed by atoms with Crippen LogP contribution in [0.2, 0.25) is 0 Å². The molecule has 0 amide bonds. The van der Waals surface area contributed by atoms with Gasteiger partial charge in [-0.15, -0.1) is 0 Å². The zero-order valence-corrected chi connectivity index (χ0v) is 7.57. The molecule has 13 heavy (non-hydrogen) atoms. The van der Waals surface area contributed by atoms with E-state index in [-0.39, 0.29) is 11.6 Å². The van der Waals surface area contributed by atoms with Gasteiger partial charge < -0.3 is 10.1 Å². The Hall–Kier alpha value is -0.770. The standard InChI is InChI=1S/C8H14N4O/c9-12-11-5-7-4-8(6-13-7)2-1-3-10-8/h7,10H,1-6H2/t7-,8+/m0/s1. The van der Waals surface area contributed by atoms with Crippen LogP contribution in [0, 0.1) is 0 Å². The van der Waals surface area contributed by atoms with Crippen LogP contribution in [-0.2, 0) is 4.74 Å². The number of azide groups is 1. The van der Waals surface area contributed by atoms with E-state index in [0.717, 1.165) is 19.6 Å². The summed E-state index contributed by atoms with van der Waals surface area (Å²) in [6.45, 7) is 2.34. The van der Waals surface area contributed by atoms with E-state index in [1.54, 1.807) is 0 Å². The third kappa shape index (κ3) is 1.77. The largest absolute Gasteiger partial charge is 0.376 e. The van der Waals surface area contributed by atoms with Gasteiger partial charge >= 0.3 is 0 Å². The lowest BCUT2D eigenvalue weighted by atomic mass is 9.94. The highest BCUT2D eigenvalue weighted by Crippen LogP contribution is 2.31. The van der Waals surface area contributed by atoms with Crippen molar-refractivity contribution in [3.8, 4) is 0 Å². The molecule has 2 heterocycles. The van der Waals surface area contributed by atoms with E-state index in [1.807, 2.05) is 0 Å². The SMILES string of the molecule is [N-]=[N+]=NC[C@@H]1C[C@]2(CCCN2)CO1. The van der Waals surface area contributed by atoms with Gasteiger partial charge in [0.2, 0.25) is 0 Å². The van der Waals surface area contributed by atoms with Crippen molar-refractivity contribution in [2.24, 2.45) is 5.11 Å². The summed E-state index contributed by atoms with van der Waals surface area (Å²) in [5, 5.41) is 7.01. The first-order valence-electron chi connectivity index (χ1n) is 4.72. The van der Waals surface area contributed by atoms with Crippen molar-refractivity contribution >= 4 is 0 Å². The van der Waals surface area contributed by atoms with Crippen molar-refractivity contribution < 1.29 is 4.74 Å². The number of nitrogens with zero attached hydrogens (tertiary/aromatic N) is 3. The van der Waals surface area contributed by atoms with E-state index in [4.69, 9.17) is 10.3 Å². The van der Waals surface area contributed by atoms with Crippen LogP contribution in [0.15, 0.2) is 5.11 Å². The Bertz CT molecular complexity index is 230. The highest BCUT2D eigenvalue weighted by Gasteiger charge is 2.41. The molecule has 0 aromatic carbocycles. The van der Waals surface area contributed by atoms with E-state index in [0.29, 0.717) is 6.54 Å². The lowest BCUT2D eigenvalue weighted by Gasteiger charge is -2.20. The van der Waals surface area contributed by atoms with Gasteiger partial charge in [-0.25, -0.2) is 0 Å². The Balaban J connectivity index is 1.89. The Morgan fingerprint density at radius 2 is 2.62 bits per heavy atom. The lowest BCUT2D eigenvalue weighted by Crippen LogP contribution is -2.40. The molecule has 0 bridgehead atoms. The van der Waals surface area contributed by atoms with E-state index in [1.165, 1.54) is 12.8 Å². The molecule has 1 spiro atoms. The van der Waals surface area contributed by atoms with Crippen molar-refractivity contribution in [1.29, 1.82) is 0 Å². The third-order valence-corrected chi connectivity index (χ3v) is 2.89. The average Bonchev–Trinajstić information content (AvgIpc) is 2.74. The molecule has 2 rings (SSSR count). The first-order chi connectivity index (χ1) is 6.35. The normalized spacial score (nSPS) is 38.0. The fourth-order valence-electron chi connectivity index (χ4n) is 2.24. The molecular formula is C8H14N4O. The minimum atomic E-state index is 0.126. The van der Waals surface area contributed by atoms with Gasteiger partial charge in [0.05, 0.1) is 19.3 Å². The van der Waals surface area contributed by atoms with Gasteiger partial charge in [0.25, 0.3) is 0 Å². The van der Waals surface area contributed by atoms with Gasteiger partial charge in [0, 0.05) is 10.5 Å². The molecule has 0 aliphatic carbocycles. The van der Waals surface area contributed by atoms with Gasteiger partial charge in [-0.05, 0) is 31.3 Å². The van der Waals surface area contributed by atoms with Gasteiger partial charge in [-0.1, -0.05) is 5.11 Å². The zero-order valence-electron chi connectivity index (χ0n) is 7.57. The highest BCUT2D eigenvalue weighted by atomic mass is 16.5. The molecule has 72 valence electrons. The van der Waals surface area contributed by atoms with Crippen molar-refractivity contribution in [2.45, 2.75) is 30.9 Å². The Morgan fingerprint density at radius 3 is 3.31 bits per heavy atom. The van der Waals surface area contributed by atoms with Crippen LogP contribution >= 0.6 is 0 Å². The van der Waals surface area contributed by atoms with E-state index >= 15 is 0 Å². The first kappa shape index (κ1) is 8.81. The molecule has 2 fully saturated rings. The smallest absolute Gasteiger partial charge is 0.0653 e. The highest BCUT2D eigenvalue weighted by molar-refractivity contribution is 4.99. The number of hydrogen-bond donors (Lipinski definition) is 1. The summed E-state index contributed by atoms with van der Waals surface area (Å²) in [6, 6.07) is 0. The van der Waals surface area contributed by atoms with Crippen LogP contribution in [0.3, 0.4) is 0 Å². The molecule has 0 saturated carbocycles. The number of rotatable bonds is 2. The first-order valence-corrected chi connectivity index (χ1v) is 4.72. The number of hydrogen-bond acceptors (Lipinski definition) is 3. The number of nitrogens with one attached hydrogen (secondary N) is 1. The molecule has 5 heteroatoms. The maximum atomic E-state index is 8.17. The topological polar surface area (TPSA) is 70.0 Å². The maximum Gasteiger partial charge on any atom is 0.0653 e. The van der Waals surface area contributed by atoms with Crippen molar-refractivity contribution in [1.82, 2.24) is 5.32 Å². The van der Waals surface area contributed by atoms with Crippen LogP contribution in [0.1, 0.15) is 19.3 Å². The second-order valence-electron chi connectivity index (χ2n) is 3.86. The molecule has 2 aliphatic rings. The summed E-state index contributed by atoms with van der Waals surface area (Å²) in [5.74, 6) is 0. The molecule has 1 N–H and O–H groups in total. The van der Waals surface area contributed by atoms with Crippen LogP contribution in [0.4, 0.5) is 0 Å². The van der Waals surface area contributed by atoms with Gasteiger partial charge in [0.1, 0.15) is 0 Å². The van der Waals surface area contributed by atoms with Crippen molar-refractivity contribution in [2.75, 3.05) is 19.7 Å². The average molecular weight is 182 g/mol. The van der Waals surface area contributed by atoms with Gasteiger partial charge in [0.15, 0.2) is 0 Å².